The lowest BCUT2D eigenvalue weighted by atomic mass is 10.1. The van der Waals surface area contributed by atoms with Gasteiger partial charge in [-0.1, -0.05) is 35.5 Å². The van der Waals surface area contributed by atoms with E-state index < -0.39 is 0 Å². The van der Waals surface area contributed by atoms with Gasteiger partial charge >= 0.3 is 0 Å². The minimum absolute atomic E-state index is 0.103. The zero-order valence-electron chi connectivity index (χ0n) is 12.7. The van der Waals surface area contributed by atoms with Crippen LogP contribution in [0, 0.1) is 6.92 Å². The standard InChI is InChI=1S/C16H20N4OS/c1-12-15(16(21)17-14-7-9-22-10-8-14)18-19-20(12)11-13-5-3-2-4-6-13/h2-6,14H,7-11H2,1H3,(H,17,21). The summed E-state index contributed by atoms with van der Waals surface area (Å²) in [6, 6.07) is 10.3. The van der Waals surface area contributed by atoms with Crippen LogP contribution in [0.1, 0.15) is 34.6 Å². The molecule has 0 radical (unpaired) electrons. The summed E-state index contributed by atoms with van der Waals surface area (Å²) < 4.78 is 1.78. The molecule has 1 aliphatic rings. The number of carbonyl (C=O) groups excluding carboxylic acids is 1. The lowest BCUT2D eigenvalue weighted by Crippen LogP contribution is -2.37. The van der Waals surface area contributed by atoms with E-state index in [-0.39, 0.29) is 11.9 Å². The molecule has 116 valence electrons. The van der Waals surface area contributed by atoms with Crippen LogP contribution < -0.4 is 5.32 Å². The van der Waals surface area contributed by atoms with Crippen LogP contribution in [0.3, 0.4) is 0 Å². The molecule has 2 heterocycles. The quantitative estimate of drug-likeness (QED) is 0.940. The Kier molecular flexibility index (Phi) is 4.77. The first-order chi connectivity index (χ1) is 10.7. The Labute approximate surface area is 134 Å². The van der Waals surface area contributed by atoms with Crippen LogP contribution in [0.5, 0.6) is 0 Å². The number of nitrogens with zero attached hydrogens (tertiary/aromatic N) is 3. The van der Waals surface area contributed by atoms with Gasteiger partial charge in [0.25, 0.3) is 5.91 Å². The molecule has 1 N–H and O–H groups in total. The zero-order chi connectivity index (χ0) is 15.4. The Hall–Kier alpha value is -1.82. The summed E-state index contributed by atoms with van der Waals surface area (Å²) in [6.07, 6.45) is 2.07. The lowest BCUT2D eigenvalue weighted by Gasteiger charge is -2.22. The molecule has 1 amide bonds. The van der Waals surface area contributed by atoms with E-state index in [1.54, 1.807) is 4.68 Å². The van der Waals surface area contributed by atoms with Gasteiger partial charge in [0.15, 0.2) is 5.69 Å². The number of aromatic nitrogens is 3. The summed E-state index contributed by atoms with van der Waals surface area (Å²) >= 11 is 1.95. The first-order valence-electron chi connectivity index (χ1n) is 7.56. The molecule has 0 atom stereocenters. The number of nitrogens with one attached hydrogen (secondary N) is 1. The first kappa shape index (κ1) is 15.1. The van der Waals surface area contributed by atoms with E-state index in [4.69, 9.17) is 0 Å². The number of thioether (sulfide) groups is 1. The molecule has 0 saturated carbocycles. The Balaban J connectivity index is 1.68. The number of hydrogen-bond donors (Lipinski definition) is 1. The van der Waals surface area contributed by atoms with E-state index in [1.807, 2.05) is 49.0 Å². The third-order valence-electron chi connectivity index (χ3n) is 3.93. The van der Waals surface area contributed by atoms with E-state index >= 15 is 0 Å². The number of amides is 1. The molecule has 0 bridgehead atoms. The molecule has 0 spiro atoms. The fraction of sp³-hybridized carbons (Fsp3) is 0.438. The molecule has 1 aromatic heterocycles. The summed E-state index contributed by atoms with van der Waals surface area (Å²) in [5.74, 6) is 2.13. The summed E-state index contributed by atoms with van der Waals surface area (Å²) in [7, 11) is 0. The third-order valence-corrected chi connectivity index (χ3v) is 4.98. The van der Waals surface area contributed by atoms with Gasteiger partial charge in [0.1, 0.15) is 0 Å². The van der Waals surface area contributed by atoms with Crippen molar-refractivity contribution in [2.45, 2.75) is 32.4 Å². The topological polar surface area (TPSA) is 59.8 Å². The van der Waals surface area contributed by atoms with Crippen LogP contribution in [0.2, 0.25) is 0 Å². The molecule has 1 aromatic carbocycles. The molecule has 1 saturated heterocycles. The second-order valence-electron chi connectivity index (χ2n) is 5.53. The summed E-state index contributed by atoms with van der Waals surface area (Å²) in [6.45, 7) is 2.53. The second-order valence-corrected chi connectivity index (χ2v) is 6.75. The SMILES string of the molecule is Cc1c(C(=O)NC2CCSCC2)nnn1Cc1ccccc1. The van der Waals surface area contributed by atoms with Gasteiger partial charge in [0, 0.05) is 6.04 Å². The molecule has 22 heavy (non-hydrogen) atoms. The first-order valence-corrected chi connectivity index (χ1v) is 8.72. The highest BCUT2D eigenvalue weighted by Crippen LogP contribution is 2.17. The van der Waals surface area contributed by atoms with Crippen LogP contribution in [0.4, 0.5) is 0 Å². The minimum Gasteiger partial charge on any atom is -0.348 e. The molecule has 6 heteroatoms. The lowest BCUT2D eigenvalue weighted by molar-refractivity contribution is 0.0929. The highest BCUT2D eigenvalue weighted by molar-refractivity contribution is 7.99. The minimum atomic E-state index is -0.103. The van der Waals surface area contributed by atoms with E-state index in [9.17, 15) is 4.79 Å². The number of hydrogen-bond acceptors (Lipinski definition) is 4. The van der Waals surface area contributed by atoms with Crippen molar-refractivity contribution in [2.75, 3.05) is 11.5 Å². The van der Waals surface area contributed by atoms with Gasteiger partial charge in [0.2, 0.25) is 0 Å². The van der Waals surface area contributed by atoms with Gasteiger partial charge in [-0.05, 0) is 36.8 Å². The van der Waals surface area contributed by atoms with Crippen LogP contribution in [0.25, 0.3) is 0 Å². The van der Waals surface area contributed by atoms with Crippen molar-refractivity contribution in [1.82, 2.24) is 20.3 Å². The molecule has 0 unspecified atom stereocenters. The predicted molar refractivity (Wildman–Crippen MR) is 88.1 cm³/mol. The van der Waals surface area contributed by atoms with Crippen molar-refractivity contribution in [1.29, 1.82) is 0 Å². The largest absolute Gasteiger partial charge is 0.348 e. The van der Waals surface area contributed by atoms with Gasteiger partial charge in [-0.25, -0.2) is 4.68 Å². The average molecular weight is 316 g/mol. The fourth-order valence-electron chi connectivity index (χ4n) is 2.57. The van der Waals surface area contributed by atoms with Gasteiger partial charge < -0.3 is 5.32 Å². The highest BCUT2D eigenvalue weighted by atomic mass is 32.2. The van der Waals surface area contributed by atoms with Gasteiger partial charge in [0.05, 0.1) is 12.2 Å². The number of rotatable bonds is 4. The Morgan fingerprint density at radius 2 is 2.05 bits per heavy atom. The van der Waals surface area contributed by atoms with Gasteiger partial charge in [-0.3, -0.25) is 4.79 Å². The molecule has 0 aliphatic carbocycles. The van der Waals surface area contributed by atoms with Crippen molar-refractivity contribution in [3.05, 3.63) is 47.3 Å². The Morgan fingerprint density at radius 1 is 1.32 bits per heavy atom. The zero-order valence-corrected chi connectivity index (χ0v) is 13.5. The molecule has 5 nitrogen and oxygen atoms in total. The van der Waals surface area contributed by atoms with Crippen molar-refractivity contribution >= 4 is 17.7 Å². The normalized spacial score (nSPS) is 15.7. The van der Waals surface area contributed by atoms with E-state index in [1.165, 1.54) is 0 Å². The van der Waals surface area contributed by atoms with Crippen LogP contribution in [0.15, 0.2) is 30.3 Å². The van der Waals surface area contributed by atoms with E-state index in [2.05, 4.69) is 15.6 Å². The number of benzene rings is 1. The van der Waals surface area contributed by atoms with E-state index in [0.29, 0.717) is 12.2 Å². The predicted octanol–water partition coefficient (Wildman–Crippen LogP) is 2.26. The maximum atomic E-state index is 12.4. The van der Waals surface area contributed by atoms with Crippen LogP contribution >= 0.6 is 11.8 Å². The van der Waals surface area contributed by atoms with Crippen molar-refractivity contribution in [2.24, 2.45) is 0 Å². The van der Waals surface area contributed by atoms with Gasteiger partial charge in [-0.2, -0.15) is 11.8 Å². The monoisotopic (exact) mass is 316 g/mol. The van der Waals surface area contributed by atoms with Crippen LogP contribution in [-0.2, 0) is 6.54 Å². The van der Waals surface area contributed by atoms with Crippen molar-refractivity contribution < 1.29 is 4.79 Å². The molecule has 1 aliphatic heterocycles. The highest BCUT2D eigenvalue weighted by Gasteiger charge is 2.21. The fourth-order valence-corrected chi connectivity index (χ4v) is 3.68. The summed E-state index contributed by atoms with van der Waals surface area (Å²) in [5, 5.41) is 11.3. The molecule has 3 rings (SSSR count). The third kappa shape index (κ3) is 3.50. The maximum absolute atomic E-state index is 12.4. The number of carbonyl (C=O) groups is 1. The summed E-state index contributed by atoms with van der Waals surface area (Å²) in [4.78, 5) is 12.4. The maximum Gasteiger partial charge on any atom is 0.273 e. The molecule has 1 fully saturated rings. The molecule has 2 aromatic rings. The Bertz CT molecular complexity index is 635. The second kappa shape index (κ2) is 6.96. The van der Waals surface area contributed by atoms with Crippen molar-refractivity contribution in [3.8, 4) is 0 Å². The van der Waals surface area contributed by atoms with Gasteiger partial charge in [-0.15, -0.1) is 5.10 Å². The van der Waals surface area contributed by atoms with E-state index in [0.717, 1.165) is 35.6 Å². The van der Waals surface area contributed by atoms with Crippen molar-refractivity contribution in [3.63, 3.8) is 0 Å². The average Bonchev–Trinajstić information content (AvgIpc) is 2.90. The molecular weight excluding hydrogens is 296 g/mol. The summed E-state index contributed by atoms with van der Waals surface area (Å²) in [5.41, 5.74) is 2.40. The van der Waals surface area contributed by atoms with Crippen LogP contribution in [-0.4, -0.2) is 38.4 Å². The molecular formula is C16H20N4OS. The smallest absolute Gasteiger partial charge is 0.273 e. The Morgan fingerprint density at radius 3 is 2.77 bits per heavy atom.